The van der Waals surface area contributed by atoms with Gasteiger partial charge in [-0.1, -0.05) is 6.07 Å². The minimum absolute atomic E-state index is 0.452. The Hall–Kier alpha value is -0.840. The van der Waals surface area contributed by atoms with Gasteiger partial charge in [0, 0.05) is 40.5 Å². The van der Waals surface area contributed by atoms with Crippen LogP contribution >= 0.6 is 23.1 Å². The highest BCUT2D eigenvalue weighted by Crippen LogP contribution is 2.19. The van der Waals surface area contributed by atoms with E-state index in [1.807, 2.05) is 47.6 Å². The van der Waals surface area contributed by atoms with Crippen LogP contribution in [0.3, 0.4) is 0 Å². The molecular formula is C13H16N2S2. The van der Waals surface area contributed by atoms with Gasteiger partial charge in [0.2, 0.25) is 0 Å². The van der Waals surface area contributed by atoms with Crippen molar-refractivity contribution < 1.29 is 0 Å². The zero-order valence-corrected chi connectivity index (χ0v) is 11.4. The van der Waals surface area contributed by atoms with Crippen molar-refractivity contribution in [2.45, 2.75) is 17.9 Å². The summed E-state index contributed by atoms with van der Waals surface area (Å²) in [4.78, 5) is 6.69. The largest absolute Gasteiger partial charge is 0.309 e. The summed E-state index contributed by atoms with van der Waals surface area (Å²) in [6.45, 7) is 3.23. The topological polar surface area (TPSA) is 24.9 Å². The minimum atomic E-state index is 0.452. The lowest BCUT2D eigenvalue weighted by Crippen LogP contribution is -2.20. The van der Waals surface area contributed by atoms with Gasteiger partial charge in [-0.3, -0.25) is 4.98 Å². The van der Waals surface area contributed by atoms with Gasteiger partial charge in [0.1, 0.15) is 0 Å². The van der Waals surface area contributed by atoms with Crippen LogP contribution in [0, 0.1) is 0 Å². The number of thiophene rings is 1. The number of nitrogens with one attached hydrogen (secondary N) is 1. The van der Waals surface area contributed by atoms with E-state index in [1.165, 1.54) is 9.77 Å². The van der Waals surface area contributed by atoms with Crippen molar-refractivity contribution >= 4 is 23.1 Å². The molecule has 17 heavy (non-hydrogen) atoms. The van der Waals surface area contributed by atoms with E-state index < -0.39 is 0 Å². The molecule has 2 rings (SSSR count). The van der Waals surface area contributed by atoms with Crippen LogP contribution < -0.4 is 5.32 Å². The molecule has 90 valence electrons. The molecule has 0 spiro atoms. The summed E-state index contributed by atoms with van der Waals surface area (Å²) < 4.78 is 0. The van der Waals surface area contributed by atoms with E-state index in [0.29, 0.717) is 6.04 Å². The number of hydrogen-bond donors (Lipinski definition) is 1. The Morgan fingerprint density at radius 2 is 2.18 bits per heavy atom. The normalized spacial score (nSPS) is 12.5. The summed E-state index contributed by atoms with van der Waals surface area (Å²) in [5.74, 6) is 1.08. The van der Waals surface area contributed by atoms with Crippen molar-refractivity contribution in [1.29, 1.82) is 0 Å². The maximum atomic E-state index is 4.01. The van der Waals surface area contributed by atoms with Crippen molar-refractivity contribution in [2.75, 3.05) is 12.3 Å². The molecule has 0 aromatic carbocycles. The van der Waals surface area contributed by atoms with Crippen LogP contribution in [0.25, 0.3) is 0 Å². The number of nitrogens with zero attached hydrogens (tertiary/aromatic N) is 1. The summed E-state index contributed by atoms with van der Waals surface area (Å²) in [5.41, 5.74) is 0. The molecule has 0 aliphatic rings. The van der Waals surface area contributed by atoms with E-state index in [0.717, 1.165) is 12.3 Å². The first-order valence-corrected chi connectivity index (χ1v) is 7.52. The van der Waals surface area contributed by atoms with Crippen LogP contribution in [0.2, 0.25) is 0 Å². The number of rotatable bonds is 6. The molecule has 2 aromatic heterocycles. The number of hydrogen-bond acceptors (Lipinski definition) is 4. The molecule has 0 amide bonds. The molecule has 0 saturated heterocycles. The van der Waals surface area contributed by atoms with Crippen molar-refractivity contribution in [3.05, 3.63) is 46.9 Å². The third-order valence-electron chi connectivity index (χ3n) is 2.44. The fourth-order valence-corrected chi connectivity index (χ4v) is 3.05. The second-order valence-electron chi connectivity index (χ2n) is 3.72. The average Bonchev–Trinajstić information content (AvgIpc) is 2.89. The Bertz CT molecular complexity index is 414. The van der Waals surface area contributed by atoms with Gasteiger partial charge in [-0.15, -0.1) is 23.1 Å². The summed E-state index contributed by atoms with van der Waals surface area (Å²) in [6, 6.07) is 8.83. The molecule has 2 nitrogen and oxygen atoms in total. The first-order chi connectivity index (χ1) is 8.36. The van der Waals surface area contributed by atoms with Crippen molar-refractivity contribution in [1.82, 2.24) is 10.3 Å². The second kappa shape index (κ2) is 6.79. The lowest BCUT2D eigenvalue weighted by Gasteiger charge is -2.11. The highest BCUT2D eigenvalue weighted by atomic mass is 32.2. The Labute approximate surface area is 110 Å². The van der Waals surface area contributed by atoms with E-state index in [2.05, 4.69) is 34.7 Å². The molecule has 4 heteroatoms. The smallest absolute Gasteiger partial charge is 0.0386 e. The molecule has 0 saturated carbocycles. The monoisotopic (exact) mass is 264 g/mol. The number of pyridine rings is 1. The predicted molar refractivity (Wildman–Crippen MR) is 75.7 cm³/mol. The SMILES string of the molecule is CC(NCCSc1ccncc1)c1cccs1. The third-order valence-corrected chi connectivity index (χ3v) is 4.51. The summed E-state index contributed by atoms with van der Waals surface area (Å²) in [7, 11) is 0. The molecule has 1 unspecified atom stereocenters. The maximum absolute atomic E-state index is 4.01. The number of thioether (sulfide) groups is 1. The lowest BCUT2D eigenvalue weighted by molar-refractivity contribution is 0.610. The molecule has 0 aliphatic carbocycles. The lowest BCUT2D eigenvalue weighted by atomic mass is 10.3. The maximum Gasteiger partial charge on any atom is 0.0386 e. The number of aromatic nitrogens is 1. The minimum Gasteiger partial charge on any atom is -0.309 e. The van der Waals surface area contributed by atoms with E-state index in [-0.39, 0.29) is 0 Å². The molecular weight excluding hydrogens is 248 g/mol. The summed E-state index contributed by atoms with van der Waals surface area (Å²) >= 11 is 3.67. The zero-order valence-electron chi connectivity index (χ0n) is 9.80. The predicted octanol–water partition coefficient (Wildman–Crippen LogP) is 3.59. The standard InChI is InChI=1S/C13H16N2S2/c1-11(13-3-2-9-17-13)15-8-10-16-12-4-6-14-7-5-12/h2-7,9,11,15H,8,10H2,1H3. The Balaban J connectivity index is 1.67. The molecule has 1 atom stereocenters. The Morgan fingerprint density at radius 1 is 1.35 bits per heavy atom. The Kier molecular flexibility index (Phi) is 5.04. The van der Waals surface area contributed by atoms with E-state index in [1.54, 1.807) is 0 Å². The quantitative estimate of drug-likeness (QED) is 0.637. The highest BCUT2D eigenvalue weighted by Gasteiger charge is 2.04. The van der Waals surface area contributed by atoms with Gasteiger partial charge in [-0.25, -0.2) is 0 Å². The van der Waals surface area contributed by atoms with Gasteiger partial charge in [-0.05, 0) is 30.5 Å². The highest BCUT2D eigenvalue weighted by molar-refractivity contribution is 7.99. The van der Waals surface area contributed by atoms with Gasteiger partial charge in [-0.2, -0.15) is 0 Å². The fourth-order valence-electron chi connectivity index (χ4n) is 1.52. The van der Waals surface area contributed by atoms with Gasteiger partial charge in [0.25, 0.3) is 0 Å². The van der Waals surface area contributed by atoms with Crippen LogP contribution in [-0.2, 0) is 0 Å². The Morgan fingerprint density at radius 3 is 2.88 bits per heavy atom. The van der Waals surface area contributed by atoms with Crippen LogP contribution in [-0.4, -0.2) is 17.3 Å². The van der Waals surface area contributed by atoms with Crippen LogP contribution in [0.1, 0.15) is 17.8 Å². The zero-order chi connectivity index (χ0) is 11.9. The van der Waals surface area contributed by atoms with Crippen LogP contribution in [0.5, 0.6) is 0 Å². The first-order valence-electron chi connectivity index (χ1n) is 5.66. The van der Waals surface area contributed by atoms with E-state index >= 15 is 0 Å². The molecule has 2 heterocycles. The molecule has 0 bridgehead atoms. The molecule has 0 aliphatic heterocycles. The van der Waals surface area contributed by atoms with Crippen LogP contribution in [0.15, 0.2) is 46.9 Å². The van der Waals surface area contributed by atoms with Crippen molar-refractivity contribution in [3.8, 4) is 0 Å². The van der Waals surface area contributed by atoms with Crippen LogP contribution in [0.4, 0.5) is 0 Å². The molecule has 1 N–H and O–H groups in total. The average molecular weight is 264 g/mol. The van der Waals surface area contributed by atoms with Gasteiger partial charge in [0.15, 0.2) is 0 Å². The van der Waals surface area contributed by atoms with E-state index in [4.69, 9.17) is 0 Å². The summed E-state index contributed by atoms with van der Waals surface area (Å²) in [5, 5.41) is 5.65. The van der Waals surface area contributed by atoms with Gasteiger partial charge < -0.3 is 5.32 Å². The molecule has 0 fully saturated rings. The molecule has 0 radical (unpaired) electrons. The first kappa shape index (κ1) is 12.6. The van der Waals surface area contributed by atoms with Gasteiger partial charge in [0.05, 0.1) is 0 Å². The second-order valence-corrected chi connectivity index (χ2v) is 5.87. The fraction of sp³-hybridized carbons (Fsp3) is 0.308. The summed E-state index contributed by atoms with van der Waals surface area (Å²) in [6.07, 6.45) is 3.67. The van der Waals surface area contributed by atoms with E-state index in [9.17, 15) is 0 Å². The van der Waals surface area contributed by atoms with Gasteiger partial charge >= 0.3 is 0 Å². The third kappa shape index (κ3) is 4.15. The van der Waals surface area contributed by atoms with Crippen molar-refractivity contribution in [2.24, 2.45) is 0 Å². The van der Waals surface area contributed by atoms with Crippen molar-refractivity contribution in [3.63, 3.8) is 0 Å². The molecule has 2 aromatic rings.